The summed E-state index contributed by atoms with van der Waals surface area (Å²) in [6, 6.07) is 21.4. The lowest BCUT2D eigenvalue weighted by molar-refractivity contribution is 0.415. The Hall–Kier alpha value is -4.53. The molecular formula is C27H23FN6O2. The number of anilines is 1. The molecule has 1 N–H and O–H groups in total. The molecule has 3 aromatic carbocycles. The third kappa shape index (κ3) is 3.88. The van der Waals surface area contributed by atoms with Crippen LogP contribution >= 0.6 is 0 Å². The number of hydrogen-bond donors (Lipinski definition) is 1. The van der Waals surface area contributed by atoms with Crippen molar-refractivity contribution in [3.8, 4) is 5.75 Å². The summed E-state index contributed by atoms with van der Waals surface area (Å²) < 4.78 is 20.5. The van der Waals surface area contributed by atoms with Gasteiger partial charge in [-0.15, -0.1) is 5.10 Å². The number of pyridine rings is 1. The molecule has 3 heterocycles. The number of aromatic amines is 1. The highest BCUT2D eigenvalue weighted by Gasteiger charge is 2.34. The number of rotatable bonds is 6. The zero-order valence-corrected chi connectivity index (χ0v) is 19.6. The second kappa shape index (κ2) is 8.92. The van der Waals surface area contributed by atoms with Gasteiger partial charge in [-0.2, -0.15) is 0 Å². The molecule has 9 heteroatoms. The number of nitrogens with one attached hydrogen (secondary N) is 1. The van der Waals surface area contributed by atoms with Crippen LogP contribution in [0.25, 0.3) is 10.9 Å². The van der Waals surface area contributed by atoms with E-state index in [2.05, 4.69) is 37.5 Å². The summed E-state index contributed by atoms with van der Waals surface area (Å²) in [6.45, 7) is 1.06. The van der Waals surface area contributed by atoms with Crippen LogP contribution < -0.4 is 15.2 Å². The van der Waals surface area contributed by atoms with Crippen molar-refractivity contribution in [3.63, 3.8) is 0 Å². The van der Waals surface area contributed by atoms with Gasteiger partial charge in [0.1, 0.15) is 17.6 Å². The number of methoxy groups -OCH3 is 1. The van der Waals surface area contributed by atoms with Crippen LogP contribution in [0.5, 0.6) is 5.75 Å². The highest BCUT2D eigenvalue weighted by Crippen LogP contribution is 2.37. The van der Waals surface area contributed by atoms with Crippen molar-refractivity contribution in [1.82, 2.24) is 25.2 Å². The maximum absolute atomic E-state index is 13.5. The zero-order chi connectivity index (χ0) is 24.6. The largest absolute Gasteiger partial charge is 0.497 e. The number of H-pyrrole nitrogens is 1. The molecule has 0 spiro atoms. The van der Waals surface area contributed by atoms with Crippen molar-refractivity contribution in [3.05, 3.63) is 111 Å². The van der Waals surface area contributed by atoms with Crippen LogP contribution in [-0.4, -0.2) is 38.8 Å². The first-order valence-electron chi connectivity index (χ1n) is 11.7. The smallest absolute Gasteiger partial charge is 0.254 e. The van der Waals surface area contributed by atoms with Gasteiger partial charge in [-0.25, -0.2) is 9.07 Å². The number of aromatic nitrogens is 5. The minimum absolute atomic E-state index is 0.221. The van der Waals surface area contributed by atoms with E-state index in [1.165, 1.54) is 17.7 Å². The lowest BCUT2D eigenvalue weighted by atomic mass is 10.0. The molecule has 0 saturated heterocycles. The van der Waals surface area contributed by atoms with Crippen molar-refractivity contribution in [2.45, 2.75) is 19.0 Å². The van der Waals surface area contributed by atoms with E-state index in [4.69, 9.17) is 4.74 Å². The molecule has 1 atom stereocenters. The van der Waals surface area contributed by atoms with Gasteiger partial charge in [0.05, 0.1) is 19.2 Å². The van der Waals surface area contributed by atoms with Crippen molar-refractivity contribution in [2.75, 3.05) is 18.6 Å². The van der Waals surface area contributed by atoms with E-state index in [0.29, 0.717) is 35.7 Å². The summed E-state index contributed by atoms with van der Waals surface area (Å²) >= 11 is 0. The van der Waals surface area contributed by atoms with E-state index in [9.17, 15) is 9.18 Å². The normalized spacial score (nSPS) is 13.7. The van der Waals surface area contributed by atoms with Gasteiger partial charge in [-0.3, -0.25) is 4.79 Å². The predicted octanol–water partition coefficient (Wildman–Crippen LogP) is 3.86. The number of nitrogens with zero attached hydrogens (tertiary/aromatic N) is 5. The van der Waals surface area contributed by atoms with Gasteiger partial charge in [-0.05, 0) is 69.8 Å². The first-order valence-corrected chi connectivity index (χ1v) is 11.7. The Labute approximate surface area is 206 Å². The van der Waals surface area contributed by atoms with Gasteiger partial charge in [-0.1, -0.05) is 30.3 Å². The summed E-state index contributed by atoms with van der Waals surface area (Å²) in [5.74, 6) is 0.898. The zero-order valence-electron chi connectivity index (χ0n) is 19.6. The molecule has 1 aliphatic rings. The van der Waals surface area contributed by atoms with E-state index in [1.807, 2.05) is 30.3 Å². The van der Waals surface area contributed by atoms with Gasteiger partial charge in [0.15, 0.2) is 5.82 Å². The minimum atomic E-state index is -0.528. The third-order valence-electron chi connectivity index (χ3n) is 6.66. The summed E-state index contributed by atoms with van der Waals surface area (Å²) in [7, 11) is 1.59. The summed E-state index contributed by atoms with van der Waals surface area (Å²) in [4.78, 5) is 18.7. The SMILES string of the molecule is COc1ccc2cc(C(c3nnnn3Cc3ccc(F)cc3)N3CCc4ccccc43)c(=O)[nH]c2c1. The second-order valence-corrected chi connectivity index (χ2v) is 8.80. The lowest BCUT2D eigenvalue weighted by Gasteiger charge is -2.29. The number of ether oxygens (including phenoxy) is 1. The van der Waals surface area contributed by atoms with Crippen molar-refractivity contribution in [2.24, 2.45) is 0 Å². The Balaban J connectivity index is 1.50. The van der Waals surface area contributed by atoms with E-state index >= 15 is 0 Å². The highest BCUT2D eigenvalue weighted by atomic mass is 19.1. The van der Waals surface area contributed by atoms with Crippen molar-refractivity contribution < 1.29 is 9.13 Å². The molecular weight excluding hydrogens is 459 g/mol. The number of benzene rings is 3. The summed E-state index contributed by atoms with van der Waals surface area (Å²) in [5.41, 5.74) is 4.12. The average molecular weight is 483 g/mol. The second-order valence-electron chi connectivity index (χ2n) is 8.80. The first-order chi connectivity index (χ1) is 17.6. The van der Waals surface area contributed by atoms with Gasteiger partial charge in [0, 0.05) is 23.9 Å². The minimum Gasteiger partial charge on any atom is -0.497 e. The number of hydrogen-bond acceptors (Lipinski definition) is 6. The van der Waals surface area contributed by atoms with E-state index in [1.54, 1.807) is 30.0 Å². The number of halogens is 1. The van der Waals surface area contributed by atoms with Crippen LogP contribution in [0.1, 0.15) is 28.6 Å². The molecule has 180 valence electrons. The Bertz CT molecular complexity index is 1610. The molecule has 0 aliphatic carbocycles. The Morgan fingerprint density at radius 2 is 1.92 bits per heavy atom. The fourth-order valence-electron chi connectivity index (χ4n) is 4.89. The van der Waals surface area contributed by atoms with Gasteiger partial charge >= 0.3 is 0 Å². The monoisotopic (exact) mass is 482 g/mol. The Morgan fingerprint density at radius 3 is 2.75 bits per heavy atom. The van der Waals surface area contributed by atoms with Crippen LogP contribution in [0.4, 0.5) is 10.1 Å². The molecule has 1 aliphatic heterocycles. The first kappa shape index (κ1) is 22.0. The van der Waals surface area contributed by atoms with Gasteiger partial charge in [0.25, 0.3) is 5.56 Å². The Kier molecular flexibility index (Phi) is 5.44. The van der Waals surface area contributed by atoms with Gasteiger partial charge < -0.3 is 14.6 Å². The van der Waals surface area contributed by atoms with E-state index in [0.717, 1.165) is 23.1 Å². The van der Waals surface area contributed by atoms with E-state index < -0.39 is 6.04 Å². The highest BCUT2D eigenvalue weighted by molar-refractivity contribution is 5.81. The van der Waals surface area contributed by atoms with Crippen molar-refractivity contribution >= 4 is 16.6 Å². The quantitative estimate of drug-likeness (QED) is 0.395. The molecule has 2 aromatic heterocycles. The van der Waals surface area contributed by atoms with Crippen LogP contribution in [0.15, 0.2) is 77.6 Å². The fourth-order valence-corrected chi connectivity index (χ4v) is 4.89. The number of tetrazole rings is 1. The summed E-state index contributed by atoms with van der Waals surface area (Å²) in [5, 5.41) is 13.4. The Morgan fingerprint density at radius 1 is 1.08 bits per heavy atom. The molecule has 6 rings (SSSR count). The number of para-hydroxylation sites is 1. The molecule has 0 amide bonds. The molecule has 1 unspecified atom stereocenters. The molecule has 0 radical (unpaired) electrons. The predicted molar refractivity (Wildman–Crippen MR) is 134 cm³/mol. The third-order valence-corrected chi connectivity index (χ3v) is 6.66. The maximum atomic E-state index is 13.5. The average Bonchev–Trinajstić information content (AvgIpc) is 3.53. The molecule has 36 heavy (non-hydrogen) atoms. The van der Waals surface area contributed by atoms with Crippen molar-refractivity contribution in [1.29, 1.82) is 0 Å². The van der Waals surface area contributed by atoms with Crippen LogP contribution in [0.3, 0.4) is 0 Å². The molecule has 0 bridgehead atoms. The van der Waals surface area contributed by atoms with Crippen LogP contribution in [-0.2, 0) is 13.0 Å². The van der Waals surface area contributed by atoms with E-state index in [-0.39, 0.29) is 11.4 Å². The fraction of sp³-hybridized carbons (Fsp3) is 0.185. The van der Waals surface area contributed by atoms with Crippen LogP contribution in [0, 0.1) is 5.82 Å². The number of fused-ring (bicyclic) bond motifs is 2. The maximum Gasteiger partial charge on any atom is 0.254 e. The standard InChI is InChI=1S/C27H23FN6O2/c1-36-21-11-8-19-14-22(27(35)29-23(19)15-21)25(33-13-12-18-4-2-3-5-24(18)33)26-30-31-32-34(26)16-17-6-9-20(28)10-7-17/h2-11,14-15,25H,12-13,16H2,1H3,(H,29,35). The summed E-state index contributed by atoms with van der Waals surface area (Å²) in [6.07, 6.45) is 0.856. The lowest BCUT2D eigenvalue weighted by Crippen LogP contribution is -2.34. The molecule has 0 fully saturated rings. The molecule has 0 saturated carbocycles. The topological polar surface area (TPSA) is 88.9 Å². The molecule has 8 nitrogen and oxygen atoms in total. The van der Waals surface area contributed by atoms with Crippen LogP contribution in [0.2, 0.25) is 0 Å². The molecule has 5 aromatic rings. The van der Waals surface area contributed by atoms with Gasteiger partial charge in [0.2, 0.25) is 0 Å².